The molecule has 0 radical (unpaired) electrons. The third-order valence-corrected chi connectivity index (χ3v) is 5.37. The van der Waals surface area contributed by atoms with Crippen LogP contribution in [0.2, 0.25) is 0 Å². The molecule has 0 aliphatic carbocycles. The summed E-state index contributed by atoms with van der Waals surface area (Å²) in [4.78, 5) is 19.8. The van der Waals surface area contributed by atoms with Crippen molar-refractivity contribution < 1.29 is 13.9 Å². The fraction of sp³-hybridized carbons (Fsp3) is 0.765. The molecule has 23 heavy (non-hydrogen) atoms. The van der Waals surface area contributed by atoms with E-state index in [1.54, 1.807) is 0 Å². The summed E-state index contributed by atoms with van der Waals surface area (Å²) in [5.41, 5.74) is 0.450. The molecule has 6 heteroatoms. The highest BCUT2D eigenvalue weighted by Crippen LogP contribution is 2.40. The first kappa shape index (κ1) is 15.1. The highest BCUT2D eigenvalue weighted by atomic mass is 16.5. The fourth-order valence-electron chi connectivity index (χ4n) is 3.90. The molecule has 1 aromatic heterocycles. The second-order valence-corrected chi connectivity index (χ2v) is 8.11. The number of hydrogen-bond donors (Lipinski definition) is 1. The molecule has 1 N–H and O–H groups in total. The van der Waals surface area contributed by atoms with Crippen LogP contribution in [0.25, 0.3) is 0 Å². The smallest absolute Gasteiger partial charge is 0.233 e. The van der Waals surface area contributed by atoms with Crippen LogP contribution in [0, 0.1) is 11.3 Å². The standard InChI is InChI=1S/C17H25N3O3/c1-16(2,3)14-19-12-7-20(5-4-13(12)23-14)15(21)17-9-18-6-11(17)8-22-10-17/h11,18H,4-10H2,1-3H3/t11-,17-/m0/s1. The van der Waals surface area contributed by atoms with Crippen LogP contribution in [0.5, 0.6) is 0 Å². The van der Waals surface area contributed by atoms with Gasteiger partial charge in [-0.2, -0.15) is 0 Å². The van der Waals surface area contributed by atoms with Gasteiger partial charge in [0, 0.05) is 37.4 Å². The number of oxazole rings is 1. The molecular formula is C17H25N3O3. The second-order valence-electron chi connectivity index (χ2n) is 8.11. The van der Waals surface area contributed by atoms with Crippen molar-refractivity contribution in [3.63, 3.8) is 0 Å². The van der Waals surface area contributed by atoms with Crippen molar-refractivity contribution in [2.75, 3.05) is 32.8 Å². The molecule has 3 aliphatic rings. The van der Waals surface area contributed by atoms with Crippen LogP contribution in [0.4, 0.5) is 0 Å². The summed E-state index contributed by atoms with van der Waals surface area (Å²) < 4.78 is 11.5. The third kappa shape index (κ3) is 2.31. The zero-order chi connectivity index (χ0) is 16.2. The summed E-state index contributed by atoms with van der Waals surface area (Å²) in [6.07, 6.45) is 0.749. The summed E-state index contributed by atoms with van der Waals surface area (Å²) in [6, 6.07) is 0. The molecule has 1 amide bonds. The van der Waals surface area contributed by atoms with Crippen LogP contribution in [0.15, 0.2) is 4.42 Å². The van der Waals surface area contributed by atoms with Crippen LogP contribution in [-0.2, 0) is 27.9 Å². The lowest BCUT2D eigenvalue weighted by molar-refractivity contribution is -0.143. The first-order valence-corrected chi connectivity index (χ1v) is 8.47. The van der Waals surface area contributed by atoms with Gasteiger partial charge in [-0.1, -0.05) is 20.8 Å². The van der Waals surface area contributed by atoms with Crippen molar-refractivity contribution in [1.29, 1.82) is 0 Å². The molecule has 4 rings (SSSR count). The van der Waals surface area contributed by atoms with Gasteiger partial charge in [0.2, 0.25) is 5.91 Å². The summed E-state index contributed by atoms with van der Waals surface area (Å²) in [7, 11) is 0. The number of aromatic nitrogens is 1. The van der Waals surface area contributed by atoms with Crippen molar-refractivity contribution >= 4 is 5.91 Å². The summed E-state index contributed by atoms with van der Waals surface area (Å²) in [5.74, 6) is 2.23. The highest BCUT2D eigenvalue weighted by molar-refractivity contribution is 5.84. The predicted molar refractivity (Wildman–Crippen MR) is 83.9 cm³/mol. The SMILES string of the molecule is CC(C)(C)c1nc2c(o1)CCN(C(=O)[C@]13CNC[C@H]1COC3)C2. The Morgan fingerprint density at radius 1 is 1.43 bits per heavy atom. The Kier molecular flexibility index (Phi) is 3.32. The van der Waals surface area contributed by atoms with Crippen molar-refractivity contribution in [1.82, 2.24) is 15.2 Å². The molecule has 2 fully saturated rings. The summed E-state index contributed by atoms with van der Waals surface area (Å²) >= 11 is 0. The number of hydrogen-bond acceptors (Lipinski definition) is 5. The van der Waals surface area contributed by atoms with Crippen LogP contribution >= 0.6 is 0 Å². The van der Waals surface area contributed by atoms with Gasteiger partial charge in [-0.3, -0.25) is 4.79 Å². The Morgan fingerprint density at radius 2 is 2.26 bits per heavy atom. The van der Waals surface area contributed by atoms with E-state index in [0.29, 0.717) is 32.2 Å². The average Bonchev–Trinajstić information content (AvgIpc) is 3.17. The lowest BCUT2D eigenvalue weighted by atomic mass is 9.79. The first-order valence-electron chi connectivity index (χ1n) is 8.47. The van der Waals surface area contributed by atoms with Crippen molar-refractivity contribution in [3.05, 3.63) is 17.3 Å². The molecule has 126 valence electrons. The molecule has 3 aliphatic heterocycles. The minimum atomic E-state index is -0.367. The van der Waals surface area contributed by atoms with Gasteiger partial charge in [0.1, 0.15) is 11.5 Å². The minimum absolute atomic E-state index is 0.107. The topological polar surface area (TPSA) is 67.6 Å². The first-order chi connectivity index (χ1) is 10.9. The van der Waals surface area contributed by atoms with E-state index in [1.807, 2.05) is 4.90 Å². The molecule has 1 aromatic rings. The second kappa shape index (κ2) is 5.05. The number of fused-ring (bicyclic) bond motifs is 2. The molecule has 0 spiro atoms. The molecule has 4 heterocycles. The largest absolute Gasteiger partial charge is 0.445 e. The maximum absolute atomic E-state index is 13.2. The van der Waals surface area contributed by atoms with Crippen molar-refractivity contribution in [2.24, 2.45) is 11.3 Å². The number of amides is 1. The van der Waals surface area contributed by atoms with E-state index < -0.39 is 0 Å². The molecule has 0 aromatic carbocycles. The zero-order valence-electron chi connectivity index (χ0n) is 14.1. The minimum Gasteiger partial charge on any atom is -0.445 e. The van der Waals surface area contributed by atoms with Gasteiger partial charge in [-0.05, 0) is 0 Å². The van der Waals surface area contributed by atoms with Gasteiger partial charge in [0.15, 0.2) is 5.89 Å². The van der Waals surface area contributed by atoms with Gasteiger partial charge in [-0.15, -0.1) is 0 Å². The number of nitrogens with one attached hydrogen (secondary N) is 1. The molecule has 0 unspecified atom stereocenters. The molecule has 2 atom stereocenters. The van der Waals surface area contributed by atoms with Gasteiger partial charge < -0.3 is 19.4 Å². The van der Waals surface area contributed by atoms with E-state index >= 15 is 0 Å². The van der Waals surface area contributed by atoms with E-state index in [-0.39, 0.29) is 16.7 Å². The molecule has 2 saturated heterocycles. The van der Waals surface area contributed by atoms with Crippen LogP contribution in [0.1, 0.15) is 38.1 Å². The zero-order valence-corrected chi connectivity index (χ0v) is 14.1. The van der Waals surface area contributed by atoms with E-state index in [4.69, 9.17) is 9.15 Å². The summed E-state index contributed by atoms with van der Waals surface area (Å²) in [6.45, 7) is 10.4. The fourth-order valence-corrected chi connectivity index (χ4v) is 3.90. The number of nitrogens with zero attached hydrogens (tertiary/aromatic N) is 2. The van der Waals surface area contributed by atoms with E-state index in [2.05, 4.69) is 31.1 Å². The monoisotopic (exact) mass is 319 g/mol. The van der Waals surface area contributed by atoms with E-state index in [9.17, 15) is 4.79 Å². The lowest BCUT2D eigenvalue weighted by Crippen LogP contribution is -2.50. The number of carbonyl (C=O) groups is 1. The Bertz CT molecular complexity index is 622. The van der Waals surface area contributed by atoms with Gasteiger partial charge in [0.05, 0.1) is 25.2 Å². The van der Waals surface area contributed by atoms with Crippen LogP contribution in [-0.4, -0.2) is 48.6 Å². The van der Waals surface area contributed by atoms with E-state index in [0.717, 1.165) is 36.9 Å². The quantitative estimate of drug-likeness (QED) is 0.839. The third-order valence-electron chi connectivity index (χ3n) is 5.37. The Balaban J connectivity index is 1.56. The van der Waals surface area contributed by atoms with Gasteiger partial charge >= 0.3 is 0 Å². The highest BCUT2D eigenvalue weighted by Gasteiger charge is 2.54. The molecule has 0 bridgehead atoms. The maximum Gasteiger partial charge on any atom is 0.233 e. The number of rotatable bonds is 1. The maximum atomic E-state index is 13.2. The van der Waals surface area contributed by atoms with Crippen molar-refractivity contribution in [2.45, 2.75) is 39.2 Å². The summed E-state index contributed by atoms with van der Waals surface area (Å²) in [5, 5.41) is 3.37. The Morgan fingerprint density at radius 3 is 3.04 bits per heavy atom. The predicted octanol–water partition coefficient (Wildman–Crippen LogP) is 1.09. The molecule has 0 saturated carbocycles. The normalized spacial score (nSPS) is 30.4. The van der Waals surface area contributed by atoms with Crippen LogP contribution < -0.4 is 5.32 Å². The van der Waals surface area contributed by atoms with Gasteiger partial charge in [-0.25, -0.2) is 4.98 Å². The van der Waals surface area contributed by atoms with Crippen molar-refractivity contribution in [3.8, 4) is 0 Å². The Hall–Kier alpha value is -1.40. The van der Waals surface area contributed by atoms with Gasteiger partial charge in [0.25, 0.3) is 0 Å². The molecular weight excluding hydrogens is 294 g/mol. The number of ether oxygens (including phenoxy) is 1. The lowest BCUT2D eigenvalue weighted by Gasteiger charge is -2.34. The Labute approximate surface area is 136 Å². The number of carbonyl (C=O) groups excluding carboxylic acids is 1. The van der Waals surface area contributed by atoms with E-state index in [1.165, 1.54) is 0 Å². The van der Waals surface area contributed by atoms with Crippen LogP contribution in [0.3, 0.4) is 0 Å². The molecule has 6 nitrogen and oxygen atoms in total. The average molecular weight is 319 g/mol.